The average molecular weight is 388 g/mol. The van der Waals surface area contributed by atoms with Gasteiger partial charge in [-0.05, 0) is 42.3 Å². The molecule has 0 saturated heterocycles. The quantitative estimate of drug-likeness (QED) is 0.835. The number of para-hydroxylation sites is 1. The van der Waals surface area contributed by atoms with Gasteiger partial charge in [-0.3, -0.25) is 9.59 Å². The van der Waals surface area contributed by atoms with Crippen molar-refractivity contribution < 1.29 is 14.0 Å². The summed E-state index contributed by atoms with van der Waals surface area (Å²) in [4.78, 5) is 26.8. The normalized spacial score (nSPS) is 21.3. The van der Waals surface area contributed by atoms with Crippen molar-refractivity contribution in [2.24, 2.45) is 0 Å². The molecule has 0 spiro atoms. The second kappa shape index (κ2) is 7.32. The number of amides is 2. The van der Waals surface area contributed by atoms with Crippen molar-refractivity contribution in [3.8, 4) is 0 Å². The number of anilines is 1. The number of hydrogen-bond donors (Lipinski definition) is 2. The standard InChI is InChI=1S/C19H17FN2O2S2/c20-11-5-6-15-12(9-11)13(7-8-25-15)21-18(23)10-17-19(24)22-14-3-1-2-4-16(14)26-17/h1-6,9,13,17H,7-8,10H2,(H,21,23)(H,22,24)/t13-,17-/m1/s1. The van der Waals surface area contributed by atoms with Crippen LogP contribution in [0.1, 0.15) is 24.4 Å². The van der Waals surface area contributed by atoms with Crippen LogP contribution in [0.3, 0.4) is 0 Å². The smallest absolute Gasteiger partial charge is 0.238 e. The molecule has 0 bridgehead atoms. The fourth-order valence-corrected chi connectivity index (χ4v) is 5.38. The summed E-state index contributed by atoms with van der Waals surface area (Å²) >= 11 is 3.08. The minimum Gasteiger partial charge on any atom is -0.349 e. The molecule has 2 N–H and O–H groups in total. The third-order valence-corrected chi connectivity index (χ3v) is 6.82. The minimum atomic E-state index is -0.463. The average Bonchev–Trinajstić information content (AvgIpc) is 2.63. The molecule has 0 aliphatic carbocycles. The lowest BCUT2D eigenvalue weighted by Gasteiger charge is -2.27. The van der Waals surface area contributed by atoms with Gasteiger partial charge in [-0.2, -0.15) is 0 Å². The maximum Gasteiger partial charge on any atom is 0.238 e. The molecule has 26 heavy (non-hydrogen) atoms. The summed E-state index contributed by atoms with van der Waals surface area (Å²) in [5.74, 6) is 0.221. The van der Waals surface area contributed by atoms with Crippen LogP contribution >= 0.6 is 23.5 Å². The van der Waals surface area contributed by atoms with Gasteiger partial charge in [0.15, 0.2) is 0 Å². The van der Waals surface area contributed by atoms with Crippen molar-refractivity contribution in [2.75, 3.05) is 11.1 Å². The van der Waals surface area contributed by atoms with Gasteiger partial charge in [0.25, 0.3) is 0 Å². The Labute approximate surface area is 159 Å². The maximum atomic E-state index is 13.6. The van der Waals surface area contributed by atoms with E-state index in [1.165, 1.54) is 23.9 Å². The molecule has 2 atom stereocenters. The van der Waals surface area contributed by atoms with E-state index in [0.29, 0.717) is 0 Å². The van der Waals surface area contributed by atoms with E-state index in [9.17, 15) is 14.0 Å². The van der Waals surface area contributed by atoms with Crippen molar-refractivity contribution in [1.82, 2.24) is 5.32 Å². The van der Waals surface area contributed by atoms with Crippen LogP contribution in [0.2, 0.25) is 0 Å². The highest BCUT2D eigenvalue weighted by molar-refractivity contribution is 8.01. The first-order valence-electron chi connectivity index (χ1n) is 8.38. The van der Waals surface area contributed by atoms with Crippen LogP contribution in [0.15, 0.2) is 52.3 Å². The topological polar surface area (TPSA) is 58.2 Å². The van der Waals surface area contributed by atoms with Crippen LogP contribution < -0.4 is 10.6 Å². The number of rotatable bonds is 3. The van der Waals surface area contributed by atoms with E-state index in [1.807, 2.05) is 24.3 Å². The van der Waals surface area contributed by atoms with Gasteiger partial charge >= 0.3 is 0 Å². The summed E-state index contributed by atoms with van der Waals surface area (Å²) in [5, 5.41) is 5.37. The molecule has 0 fully saturated rings. The summed E-state index contributed by atoms with van der Waals surface area (Å²) in [6, 6.07) is 12.0. The van der Waals surface area contributed by atoms with E-state index in [4.69, 9.17) is 0 Å². The molecule has 4 nitrogen and oxygen atoms in total. The Hall–Kier alpha value is -1.99. The minimum absolute atomic E-state index is 0.0964. The van der Waals surface area contributed by atoms with Gasteiger partial charge in [-0.25, -0.2) is 4.39 Å². The van der Waals surface area contributed by atoms with Crippen molar-refractivity contribution in [3.63, 3.8) is 0 Å². The van der Waals surface area contributed by atoms with E-state index in [1.54, 1.807) is 17.8 Å². The highest BCUT2D eigenvalue weighted by Gasteiger charge is 2.30. The Morgan fingerprint density at radius 2 is 2.08 bits per heavy atom. The summed E-state index contributed by atoms with van der Waals surface area (Å²) in [5.41, 5.74) is 1.61. The summed E-state index contributed by atoms with van der Waals surface area (Å²) in [6.45, 7) is 0. The summed E-state index contributed by atoms with van der Waals surface area (Å²) in [7, 11) is 0. The molecule has 7 heteroatoms. The van der Waals surface area contributed by atoms with E-state index in [0.717, 1.165) is 33.2 Å². The highest BCUT2D eigenvalue weighted by atomic mass is 32.2. The second-order valence-electron chi connectivity index (χ2n) is 6.24. The van der Waals surface area contributed by atoms with Gasteiger partial charge in [0.05, 0.1) is 17.0 Å². The Morgan fingerprint density at radius 1 is 1.23 bits per heavy atom. The zero-order valence-corrected chi connectivity index (χ0v) is 15.5. The van der Waals surface area contributed by atoms with Crippen molar-refractivity contribution in [3.05, 3.63) is 53.8 Å². The first-order chi connectivity index (χ1) is 12.6. The number of nitrogens with one attached hydrogen (secondary N) is 2. The van der Waals surface area contributed by atoms with Crippen molar-refractivity contribution in [1.29, 1.82) is 0 Å². The molecule has 134 valence electrons. The SMILES string of the molecule is O=C(C[C@H]1Sc2ccccc2NC1=O)N[C@@H]1CCSc2ccc(F)cc21. The molecular formula is C19H17FN2O2S2. The molecule has 2 aromatic carbocycles. The van der Waals surface area contributed by atoms with Gasteiger partial charge in [0.2, 0.25) is 11.8 Å². The van der Waals surface area contributed by atoms with Crippen LogP contribution in [-0.2, 0) is 9.59 Å². The van der Waals surface area contributed by atoms with Crippen LogP contribution in [0, 0.1) is 5.82 Å². The second-order valence-corrected chi connectivity index (χ2v) is 8.62. The Morgan fingerprint density at radius 3 is 2.96 bits per heavy atom. The number of fused-ring (bicyclic) bond motifs is 2. The Balaban J connectivity index is 1.44. The van der Waals surface area contributed by atoms with Gasteiger partial charge in [0.1, 0.15) is 5.82 Å². The molecule has 2 amide bonds. The monoisotopic (exact) mass is 388 g/mol. The molecule has 4 rings (SSSR count). The molecule has 2 aliphatic heterocycles. The van der Waals surface area contributed by atoms with Crippen LogP contribution in [0.25, 0.3) is 0 Å². The van der Waals surface area contributed by atoms with Crippen molar-refractivity contribution in [2.45, 2.75) is 33.9 Å². The number of thioether (sulfide) groups is 2. The molecule has 0 unspecified atom stereocenters. The fraction of sp³-hybridized carbons (Fsp3) is 0.263. The Kier molecular flexibility index (Phi) is 4.91. The van der Waals surface area contributed by atoms with Crippen molar-refractivity contribution >= 4 is 41.0 Å². The number of halogens is 1. The molecule has 2 aliphatic rings. The van der Waals surface area contributed by atoms with E-state index >= 15 is 0 Å². The van der Waals surface area contributed by atoms with Gasteiger partial charge < -0.3 is 10.6 Å². The van der Waals surface area contributed by atoms with E-state index < -0.39 is 5.25 Å². The van der Waals surface area contributed by atoms with Crippen LogP contribution in [0.4, 0.5) is 10.1 Å². The molecule has 0 aromatic heterocycles. The lowest BCUT2D eigenvalue weighted by atomic mass is 10.0. The predicted molar refractivity (Wildman–Crippen MR) is 102 cm³/mol. The molecule has 2 heterocycles. The first kappa shape index (κ1) is 17.4. The highest BCUT2D eigenvalue weighted by Crippen LogP contribution is 2.38. The molecular weight excluding hydrogens is 371 g/mol. The number of carbonyl (C=O) groups is 2. The zero-order valence-electron chi connectivity index (χ0n) is 13.8. The van der Waals surface area contributed by atoms with Gasteiger partial charge in [-0.15, -0.1) is 23.5 Å². The van der Waals surface area contributed by atoms with Crippen LogP contribution in [0.5, 0.6) is 0 Å². The third-order valence-electron chi connectivity index (χ3n) is 4.42. The van der Waals surface area contributed by atoms with E-state index in [2.05, 4.69) is 10.6 Å². The zero-order chi connectivity index (χ0) is 18.1. The Bertz CT molecular complexity index is 874. The van der Waals surface area contributed by atoms with Gasteiger partial charge in [0, 0.05) is 22.0 Å². The van der Waals surface area contributed by atoms with E-state index in [-0.39, 0.29) is 30.1 Å². The van der Waals surface area contributed by atoms with Gasteiger partial charge in [-0.1, -0.05) is 12.1 Å². The summed E-state index contributed by atoms with van der Waals surface area (Å²) < 4.78 is 13.6. The largest absolute Gasteiger partial charge is 0.349 e. The molecule has 0 radical (unpaired) electrons. The first-order valence-corrected chi connectivity index (χ1v) is 10.2. The fourth-order valence-electron chi connectivity index (χ4n) is 3.16. The number of carbonyl (C=O) groups excluding carboxylic acids is 2. The maximum absolute atomic E-state index is 13.6. The third kappa shape index (κ3) is 3.59. The molecule has 2 aromatic rings. The van der Waals surface area contributed by atoms with Crippen LogP contribution in [-0.4, -0.2) is 22.8 Å². The lowest BCUT2D eigenvalue weighted by Crippen LogP contribution is -2.37. The predicted octanol–water partition coefficient (Wildman–Crippen LogP) is 3.98. The lowest BCUT2D eigenvalue weighted by molar-refractivity contribution is -0.124. The molecule has 0 saturated carbocycles. The number of hydrogen-bond acceptors (Lipinski definition) is 4. The summed E-state index contributed by atoms with van der Waals surface area (Å²) in [6.07, 6.45) is 0.846. The number of benzene rings is 2.